The molecule has 2 atom stereocenters. The van der Waals surface area contributed by atoms with Gasteiger partial charge in [-0.25, -0.2) is 4.98 Å². The van der Waals surface area contributed by atoms with E-state index in [9.17, 15) is 4.79 Å². The van der Waals surface area contributed by atoms with E-state index in [1.54, 1.807) is 6.20 Å². The molecule has 3 heterocycles. The molecule has 2 aromatic heterocycles. The molecule has 0 radical (unpaired) electrons. The Balaban J connectivity index is 0.000000390. The van der Waals surface area contributed by atoms with Gasteiger partial charge in [-0.15, -0.1) is 6.58 Å². The molecule has 1 aliphatic rings. The SMILES string of the molecule is C=CCCC(C)N=C.CCCC(=O)c1cnc2ccc(N3CCNC(C)C3)nc2c1NC. The number of nitrogens with one attached hydrogen (secondary N) is 2. The van der Waals surface area contributed by atoms with E-state index in [4.69, 9.17) is 4.98 Å². The van der Waals surface area contributed by atoms with Crippen LogP contribution in [0, 0.1) is 0 Å². The van der Waals surface area contributed by atoms with Gasteiger partial charge in [0.1, 0.15) is 11.3 Å². The molecule has 3 rings (SSSR count). The lowest BCUT2D eigenvalue weighted by Gasteiger charge is -2.32. The highest BCUT2D eigenvalue weighted by molar-refractivity contribution is 6.07. The molecule has 2 unspecified atom stereocenters. The molecule has 174 valence electrons. The first-order valence-electron chi connectivity index (χ1n) is 11.5. The minimum atomic E-state index is 0.110. The quantitative estimate of drug-likeness (QED) is 0.341. The fraction of sp³-hybridized carbons (Fsp3) is 0.520. The van der Waals surface area contributed by atoms with Crippen molar-refractivity contribution in [3.05, 3.63) is 36.5 Å². The number of pyridine rings is 2. The summed E-state index contributed by atoms with van der Waals surface area (Å²) in [6.07, 6.45) is 7.04. The maximum atomic E-state index is 12.4. The number of carbonyl (C=O) groups excluding carboxylic acids is 1. The van der Waals surface area contributed by atoms with E-state index in [2.05, 4.69) is 52.7 Å². The number of rotatable bonds is 9. The summed E-state index contributed by atoms with van der Waals surface area (Å²) in [6.45, 7) is 16.1. The highest BCUT2D eigenvalue weighted by Gasteiger charge is 2.19. The Morgan fingerprint density at radius 3 is 2.88 bits per heavy atom. The zero-order valence-corrected chi connectivity index (χ0v) is 20.0. The fourth-order valence-corrected chi connectivity index (χ4v) is 3.65. The van der Waals surface area contributed by atoms with Crippen molar-refractivity contribution in [2.75, 3.05) is 36.9 Å². The largest absolute Gasteiger partial charge is 0.386 e. The number of allylic oxidation sites excluding steroid dienone is 1. The molecule has 2 N–H and O–H groups in total. The second-order valence-electron chi connectivity index (χ2n) is 8.21. The first-order valence-corrected chi connectivity index (χ1v) is 11.5. The van der Waals surface area contributed by atoms with Crippen LogP contribution >= 0.6 is 0 Å². The van der Waals surface area contributed by atoms with Crippen molar-refractivity contribution in [1.29, 1.82) is 0 Å². The van der Waals surface area contributed by atoms with Crippen molar-refractivity contribution in [1.82, 2.24) is 15.3 Å². The van der Waals surface area contributed by atoms with Crippen molar-refractivity contribution >= 4 is 35.0 Å². The molecule has 1 aliphatic heterocycles. The summed E-state index contributed by atoms with van der Waals surface area (Å²) >= 11 is 0. The summed E-state index contributed by atoms with van der Waals surface area (Å²) in [7, 11) is 1.83. The number of piperazine rings is 1. The molecule has 32 heavy (non-hydrogen) atoms. The van der Waals surface area contributed by atoms with Gasteiger partial charge >= 0.3 is 0 Å². The summed E-state index contributed by atoms with van der Waals surface area (Å²) in [6, 6.07) is 4.84. The zero-order valence-electron chi connectivity index (χ0n) is 20.0. The number of nitrogens with zero attached hydrogens (tertiary/aromatic N) is 4. The molecular formula is C25H38N6O. The van der Waals surface area contributed by atoms with Gasteiger partial charge in [0, 0.05) is 51.4 Å². The van der Waals surface area contributed by atoms with E-state index in [-0.39, 0.29) is 5.78 Å². The van der Waals surface area contributed by atoms with Crippen molar-refractivity contribution in [2.24, 2.45) is 4.99 Å². The predicted molar refractivity (Wildman–Crippen MR) is 136 cm³/mol. The molecular weight excluding hydrogens is 400 g/mol. The summed E-state index contributed by atoms with van der Waals surface area (Å²) < 4.78 is 0. The molecule has 0 amide bonds. The molecule has 0 bridgehead atoms. The van der Waals surface area contributed by atoms with E-state index in [1.807, 2.05) is 32.2 Å². The van der Waals surface area contributed by atoms with Crippen molar-refractivity contribution in [3.63, 3.8) is 0 Å². The van der Waals surface area contributed by atoms with Crippen molar-refractivity contribution in [3.8, 4) is 0 Å². The zero-order chi connectivity index (χ0) is 23.5. The van der Waals surface area contributed by atoms with Crippen LogP contribution in [0.3, 0.4) is 0 Å². The van der Waals surface area contributed by atoms with Crippen LogP contribution in [0.4, 0.5) is 11.5 Å². The summed E-state index contributed by atoms with van der Waals surface area (Å²) in [5.74, 6) is 1.05. The van der Waals surface area contributed by atoms with Crippen LogP contribution in [0.2, 0.25) is 0 Å². The van der Waals surface area contributed by atoms with Crippen molar-refractivity contribution in [2.45, 2.75) is 58.5 Å². The van der Waals surface area contributed by atoms with Gasteiger partial charge in [-0.05, 0) is 52.0 Å². The highest BCUT2D eigenvalue weighted by Crippen LogP contribution is 2.28. The third-order valence-electron chi connectivity index (χ3n) is 5.52. The number of hydrogen-bond donors (Lipinski definition) is 2. The van der Waals surface area contributed by atoms with Gasteiger partial charge in [-0.1, -0.05) is 13.0 Å². The third kappa shape index (κ3) is 6.85. The lowest BCUT2D eigenvalue weighted by Crippen LogP contribution is -2.49. The van der Waals surface area contributed by atoms with Crippen LogP contribution in [0.15, 0.2) is 36.0 Å². The van der Waals surface area contributed by atoms with Gasteiger partial charge in [-0.3, -0.25) is 14.8 Å². The predicted octanol–water partition coefficient (Wildman–Crippen LogP) is 4.49. The maximum Gasteiger partial charge on any atom is 0.166 e. The molecule has 0 spiro atoms. The van der Waals surface area contributed by atoms with Crippen LogP contribution in [-0.2, 0) is 0 Å². The number of carbonyl (C=O) groups is 1. The number of hydrogen-bond acceptors (Lipinski definition) is 7. The minimum Gasteiger partial charge on any atom is -0.386 e. The molecule has 7 nitrogen and oxygen atoms in total. The van der Waals surface area contributed by atoms with Gasteiger partial charge in [0.15, 0.2) is 5.78 Å². The van der Waals surface area contributed by atoms with E-state index in [0.717, 1.165) is 61.4 Å². The van der Waals surface area contributed by atoms with Gasteiger partial charge in [0.05, 0.1) is 16.8 Å². The number of anilines is 2. The van der Waals surface area contributed by atoms with Crippen molar-refractivity contribution < 1.29 is 4.79 Å². The van der Waals surface area contributed by atoms with Crippen LogP contribution in [0.5, 0.6) is 0 Å². The Hall–Kier alpha value is -2.80. The van der Waals surface area contributed by atoms with Gasteiger partial charge < -0.3 is 15.5 Å². The first kappa shape index (κ1) is 25.5. The van der Waals surface area contributed by atoms with Crippen LogP contribution in [-0.4, -0.2) is 61.2 Å². The fourth-order valence-electron chi connectivity index (χ4n) is 3.65. The van der Waals surface area contributed by atoms with Gasteiger partial charge in [0.25, 0.3) is 0 Å². The second kappa shape index (κ2) is 12.9. The van der Waals surface area contributed by atoms with Gasteiger partial charge in [0.2, 0.25) is 0 Å². The molecule has 2 aromatic rings. The first-order chi connectivity index (χ1) is 15.4. The Labute approximate surface area is 192 Å². The normalized spacial score (nSPS) is 16.6. The average molecular weight is 439 g/mol. The third-order valence-corrected chi connectivity index (χ3v) is 5.52. The number of aliphatic imine (C=N–C) groups is 1. The number of Topliss-reactive ketones (excluding diaryl/α,β-unsaturated/α-hetero) is 1. The Morgan fingerprint density at radius 2 is 2.25 bits per heavy atom. The summed E-state index contributed by atoms with van der Waals surface area (Å²) in [4.78, 5) is 27.7. The molecule has 7 heteroatoms. The topological polar surface area (TPSA) is 82.5 Å². The van der Waals surface area contributed by atoms with Gasteiger partial charge in [-0.2, -0.15) is 0 Å². The average Bonchev–Trinajstić information content (AvgIpc) is 2.81. The van der Waals surface area contributed by atoms with E-state index in [1.165, 1.54) is 0 Å². The monoisotopic (exact) mass is 438 g/mol. The van der Waals surface area contributed by atoms with E-state index >= 15 is 0 Å². The lowest BCUT2D eigenvalue weighted by molar-refractivity contribution is 0.0982. The number of ketones is 1. The maximum absolute atomic E-state index is 12.4. The van der Waals surface area contributed by atoms with E-state index in [0.29, 0.717) is 24.1 Å². The molecule has 0 aliphatic carbocycles. The smallest absolute Gasteiger partial charge is 0.166 e. The number of aromatic nitrogens is 2. The van der Waals surface area contributed by atoms with E-state index < -0.39 is 0 Å². The number of fused-ring (bicyclic) bond motifs is 1. The lowest BCUT2D eigenvalue weighted by atomic mass is 10.1. The molecule has 0 saturated carbocycles. The second-order valence-corrected chi connectivity index (χ2v) is 8.21. The minimum absolute atomic E-state index is 0.110. The van der Waals surface area contributed by atoms with Crippen LogP contribution in [0.1, 0.15) is 56.8 Å². The van der Waals surface area contributed by atoms with Crippen LogP contribution < -0.4 is 15.5 Å². The Kier molecular flexibility index (Phi) is 10.3. The Morgan fingerprint density at radius 1 is 1.47 bits per heavy atom. The Bertz CT molecular complexity index is 913. The highest BCUT2D eigenvalue weighted by atomic mass is 16.1. The molecule has 1 saturated heterocycles. The summed E-state index contributed by atoms with van der Waals surface area (Å²) in [5, 5.41) is 6.60. The summed E-state index contributed by atoms with van der Waals surface area (Å²) in [5.41, 5.74) is 2.98. The molecule has 0 aromatic carbocycles. The standard InChI is InChI=1S/C18H25N5O.C7H13N/c1-4-5-15(24)13-10-21-14-6-7-16(22-18(14)17(13)19-3)23-9-8-20-12(2)11-23;1-4-5-6-7(2)8-3/h6-7,10,12,20H,4-5,8-9,11H2,1-3H3,(H,19,21);4,7H,1,3,5-6H2,2H3. The van der Waals surface area contributed by atoms with Crippen LogP contribution in [0.25, 0.3) is 11.0 Å². The molecule has 1 fully saturated rings.